The fourth-order valence-corrected chi connectivity index (χ4v) is 3.58. The molecule has 9 nitrogen and oxygen atoms in total. The highest BCUT2D eigenvalue weighted by atomic mass is 16.5. The number of nitrogens with one attached hydrogen (secondary N) is 2. The van der Waals surface area contributed by atoms with Gasteiger partial charge in [-0.05, 0) is 25.0 Å². The van der Waals surface area contributed by atoms with Crippen LogP contribution in [0.4, 0.5) is 0 Å². The van der Waals surface area contributed by atoms with Gasteiger partial charge >= 0.3 is 0 Å². The Hall–Kier alpha value is -3.23. The third-order valence-electron chi connectivity index (χ3n) is 5.14. The van der Waals surface area contributed by atoms with E-state index < -0.39 is 29.7 Å². The molecular weight excluding hydrogens is 390 g/mol. The Kier molecular flexibility index (Phi) is 6.81. The molecule has 0 radical (unpaired) electrons. The highest BCUT2D eigenvalue weighted by molar-refractivity contribution is 6.24. The average molecular weight is 415 g/mol. The minimum absolute atomic E-state index is 0.0305. The molecule has 2 aliphatic rings. The van der Waals surface area contributed by atoms with E-state index in [1.54, 1.807) is 6.07 Å². The van der Waals surface area contributed by atoms with Gasteiger partial charge in [0.15, 0.2) is 6.61 Å². The van der Waals surface area contributed by atoms with Crippen LogP contribution >= 0.6 is 0 Å². The Morgan fingerprint density at radius 1 is 1.17 bits per heavy atom. The quantitative estimate of drug-likeness (QED) is 0.461. The molecule has 0 aliphatic carbocycles. The van der Waals surface area contributed by atoms with Crippen LogP contribution in [0.2, 0.25) is 0 Å². The number of amides is 5. The molecule has 0 bridgehead atoms. The highest BCUT2D eigenvalue weighted by Crippen LogP contribution is 2.33. The predicted molar refractivity (Wildman–Crippen MR) is 106 cm³/mol. The molecule has 1 aromatic rings. The third kappa shape index (κ3) is 4.50. The lowest BCUT2D eigenvalue weighted by Crippen LogP contribution is -2.54. The molecule has 1 aromatic carbocycles. The van der Waals surface area contributed by atoms with Crippen molar-refractivity contribution in [1.82, 2.24) is 15.5 Å². The summed E-state index contributed by atoms with van der Waals surface area (Å²) in [4.78, 5) is 62.1. The van der Waals surface area contributed by atoms with Crippen molar-refractivity contribution in [1.29, 1.82) is 0 Å². The molecule has 1 unspecified atom stereocenters. The van der Waals surface area contributed by atoms with Gasteiger partial charge in [0.25, 0.3) is 17.7 Å². The molecule has 3 rings (SSSR count). The molecule has 160 valence electrons. The molecule has 2 aliphatic heterocycles. The first kappa shape index (κ1) is 21.5. The fraction of sp³-hybridized carbons (Fsp3) is 0.476. The van der Waals surface area contributed by atoms with Crippen LogP contribution in [0.15, 0.2) is 18.2 Å². The number of carbonyl (C=O) groups excluding carboxylic acids is 5. The van der Waals surface area contributed by atoms with Crippen LogP contribution in [0, 0.1) is 0 Å². The summed E-state index contributed by atoms with van der Waals surface area (Å²) >= 11 is 0. The van der Waals surface area contributed by atoms with Crippen LogP contribution < -0.4 is 15.4 Å². The van der Waals surface area contributed by atoms with E-state index in [9.17, 15) is 24.0 Å². The number of hydrogen-bond donors (Lipinski definition) is 2. The van der Waals surface area contributed by atoms with Gasteiger partial charge in [0, 0.05) is 13.0 Å². The normalized spacial score (nSPS) is 18.3. The fourth-order valence-electron chi connectivity index (χ4n) is 3.58. The maximum Gasteiger partial charge on any atom is 0.266 e. The largest absolute Gasteiger partial charge is 0.483 e. The zero-order valence-electron chi connectivity index (χ0n) is 16.9. The van der Waals surface area contributed by atoms with Gasteiger partial charge in [-0.1, -0.05) is 32.3 Å². The zero-order chi connectivity index (χ0) is 21.7. The first-order valence-electron chi connectivity index (χ1n) is 10.2. The van der Waals surface area contributed by atoms with Crippen LogP contribution in [0.1, 0.15) is 66.2 Å². The van der Waals surface area contributed by atoms with Gasteiger partial charge in [0.05, 0.1) is 11.1 Å². The van der Waals surface area contributed by atoms with Crippen molar-refractivity contribution in [3.8, 4) is 5.75 Å². The summed E-state index contributed by atoms with van der Waals surface area (Å²) in [6.45, 7) is 2.37. The molecule has 1 atom stereocenters. The molecule has 2 N–H and O–H groups in total. The Morgan fingerprint density at radius 3 is 2.70 bits per heavy atom. The van der Waals surface area contributed by atoms with Gasteiger partial charge in [-0.15, -0.1) is 0 Å². The molecule has 1 saturated heterocycles. The molecule has 2 heterocycles. The highest BCUT2D eigenvalue weighted by Gasteiger charge is 2.46. The number of rotatable bonds is 9. The van der Waals surface area contributed by atoms with E-state index in [1.165, 1.54) is 12.1 Å². The summed E-state index contributed by atoms with van der Waals surface area (Å²) in [5, 5.41) is 4.91. The van der Waals surface area contributed by atoms with Gasteiger partial charge < -0.3 is 10.1 Å². The summed E-state index contributed by atoms with van der Waals surface area (Å²) in [5.74, 6) is -2.59. The van der Waals surface area contributed by atoms with Gasteiger partial charge in [-0.25, -0.2) is 0 Å². The van der Waals surface area contributed by atoms with E-state index in [4.69, 9.17) is 4.74 Å². The lowest BCUT2D eigenvalue weighted by atomic mass is 10.0. The zero-order valence-corrected chi connectivity index (χ0v) is 16.9. The summed E-state index contributed by atoms with van der Waals surface area (Å²) in [7, 11) is 0. The summed E-state index contributed by atoms with van der Waals surface area (Å²) in [6, 6.07) is 3.49. The van der Waals surface area contributed by atoms with E-state index in [0.29, 0.717) is 6.54 Å². The topological polar surface area (TPSA) is 122 Å². The van der Waals surface area contributed by atoms with E-state index in [0.717, 1.165) is 30.6 Å². The van der Waals surface area contributed by atoms with E-state index in [1.807, 2.05) is 0 Å². The van der Waals surface area contributed by atoms with Crippen molar-refractivity contribution in [2.45, 2.75) is 51.5 Å². The van der Waals surface area contributed by atoms with Crippen molar-refractivity contribution in [2.24, 2.45) is 0 Å². The Bertz CT molecular complexity index is 881. The number of hydrogen-bond acceptors (Lipinski definition) is 6. The number of unbranched alkanes of at least 4 members (excludes halogenated alkanes) is 3. The molecular formula is C21H25N3O6. The van der Waals surface area contributed by atoms with Crippen LogP contribution in [0.5, 0.6) is 5.75 Å². The number of imide groups is 2. The van der Waals surface area contributed by atoms with E-state index in [-0.39, 0.29) is 42.2 Å². The van der Waals surface area contributed by atoms with Gasteiger partial charge in [0.2, 0.25) is 11.8 Å². The molecule has 9 heteroatoms. The number of carbonyl (C=O) groups is 5. The van der Waals surface area contributed by atoms with Crippen LogP contribution in [-0.2, 0) is 14.4 Å². The molecule has 0 aromatic heterocycles. The number of benzene rings is 1. The lowest BCUT2D eigenvalue weighted by Gasteiger charge is -2.27. The van der Waals surface area contributed by atoms with Crippen molar-refractivity contribution >= 4 is 29.5 Å². The summed E-state index contributed by atoms with van der Waals surface area (Å²) in [6.07, 6.45) is 4.27. The summed E-state index contributed by atoms with van der Waals surface area (Å²) < 4.78 is 5.52. The average Bonchev–Trinajstić information content (AvgIpc) is 2.97. The second kappa shape index (κ2) is 9.51. The SMILES string of the molecule is CCCCCCNC(=O)COc1cccc2c1C(=O)N(C1CCC(=O)NC1=O)C2=O. The Morgan fingerprint density at radius 2 is 1.97 bits per heavy atom. The number of nitrogens with zero attached hydrogens (tertiary/aromatic N) is 1. The minimum atomic E-state index is -1.05. The lowest BCUT2D eigenvalue weighted by molar-refractivity contribution is -0.136. The van der Waals surface area contributed by atoms with Crippen molar-refractivity contribution in [2.75, 3.05) is 13.2 Å². The van der Waals surface area contributed by atoms with Gasteiger partial charge in [0.1, 0.15) is 11.8 Å². The smallest absolute Gasteiger partial charge is 0.266 e. The second-order valence-corrected chi connectivity index (χ2v) is 7.33. The molecule has 5 amide bonds. The Balaban J connectivity index is 1.66. The number of fused-ring (bicyclic) bond motifs is 1. The van der Waals surface area contributed by atoms with Gasteiger partial charge in [-0.2, -0.15) is 0 Å². The number of piperidine rings is 1. The van der Waals surface area contributed by atoms with E-state index in [2.05, 4.69) is 17.6 Å². The monoisotopic (exact) mass is 415 g/mol. The Labute approximate surface area is 174 Å². The molecule has 0 spiro atoms. The van der Waals surface area contributed by atoms with Crippen LogP contribution in [0.25, 0.3) is 0 Å². The van der Waals surface area contributed by atoms with Crippen LogP contribution in [-0.4, -0.2) is 53.6 Å². The maximum absolute atomic E-state index is 12.9. The van der Waals surface area contributed by atoms with Crippen LogP contribution in [0.3, 0.4) is 0 Å². The predicted octanol–water partition coefficient (Wildman–Crippen LogP) is 1.16. The number of ether oxygens (including phenoxy) is 1. The maximum atomic E-state index is 12.9. The van der Waals surface area contributed by atoms with Gasteiger partial charge in [-0.3, -0.25) is 34.2 Å². The van der Waals surface area contributed by atoms with Crippen molar-refractivity contribution < 1.29 is 28.7 Å². The first-order valence-corrected chi connectivity index (χ1v) is 10.2. The van der Waals surface area contributed by atoms with Crippen molar-refractivity contribution in [3.05, 3.63) is 29.3 Å². The molecule has 0 saturated carbocycles. The molecule has 30 heavy (non-hydrogen) atoms. The van der Waals surface area contributed by atoms with E-state index >= 15 is 0 Å². The van der Waals surface area contributed by atoms with Crippen molar-refractivity contribution in [3.63, 3.8) is 0 Å². The third-order valence-corrected chi connectivity index (χ3v) is 5.14. The first-order chi connectivity index (χ1) is 14.4. The second-order valence-electron chi connectivity index (χ2n) is 7.33. The standard InChI is InChI=1S/C21H25N3O6/c1-2-3-4-5-11-22-17(26)12-30-15-8-6-7-13-18(15)21(29)24(20(13)28)14-9-10-16(25)23-19(14)27/h6-8,14H,2-5,9-12H2,1H3,(H,22,26)(H,23,25,27). The molecule has 1 fully saturated rings. The minimum Gasteiger partial charge on any atom is -0.483 e. The summed E-state index contributed by atoms with van der Waals surface area (Å²) in [5.41, 5.74) is 0.144.